The van der Waals surface area contributed by atoms with Crippen LogP contribution in [-0.4, -0.2) is 55.3 Å². The van der Waals surface area contributed by atoms with Crippen LogP contribution in [0.1, 0.15) is 42.6 Å². The molecule has 1 aliphatic rings. The smallest absolute Gasteiger partial charge is 0.223 e. The fourth-order valence-corrected chi connectivity index (χ4v) is 4.52. The second-order valence-corrected chi connectivity index (χ2v) is 9.13. The lowest BCUT2D eigenvalue weighted by molar-refractivity contribution is 0.0397. The van der Waals surface area contributed by atoms with E-state index in [4.69, 9.17) is 9.72 Å². The number of nitriles is 1. The van der Waals surface area contributed by atoms with Gasteiger partial charge < -0.3 is 15.2 Å². The Kier molecular flexibility index (Phi) is 7.16. The SMILES string of the molecule is COCCNc1nc(-c2cccc(C#N)c2)cc(-c2cn(Cc3cccc(C4(O)CCCC4)n3)nn2)n1. The van der Waals surface area contributed by atoms with Gasteiger partial charge in [-0.3, -0.25) is 4.98 Å². The number of rotatable bonds is 9. The van der Waals surface area contributed by atoms with Gasteiger partial charge in [0.05, 0.1) is 53.8 Å². The predicted molar refractivity (Wildman–Crippen MR) is 137 cm³/mol. The van der Waals surface area contributed by atoms with E-state index in [-0.39, 0.29) is 0 Å². The molecule has 1 saturated carbocycles. The molecule has 0 atom stereocenters. The van der Waals surface area contributed by atoms with Gasteiger partial charge in [-0.1, -0.05) is 36.3 Å². The highest BCUT2D eigenvalue weighted by molar-refractivity contribution is 5.68. The first kappa shape index (κ1) is 24.5. The quantitative estimate of drug-likeness (QED) is 0.334. The molecule has 1 fully saturated rings. The van der Waals surface area contributed by atoms with Crippen molar-refractivity contribution < 1.29 is 9.84 Å². The molecule has 2 N–H and O–H groups in total. The standard InChI is InChI=1S/C27H28N8O2/c1-37-13-12-29-26-31-22(20-7-4-6-19(14-20)16-28)15-23(32-26)24-18-35(34-33-24)17-21-8-5-9-25(30-21)27(36)10-2-3-11-27/h4-9,14-15,18,36H,2-3,10-13,17H2,1H3,(H,29,31,32). The molecule has 10 nitrogen and oxygen atoms in total. The number of anilines is 1. The molecule has 0 aliphatic heterocycles. The predicted octanol–water partition coefficient (Wildman–Crippen LogP) is 3.54. The first-order valence-corrected chi connectivity index (χ1v) is 12.3. The molecule has 10 heteroatoms. The van der Waals surface area contributed by atoms with Gasteiger partial charge in [0.15, 0.2) is 0 Å². The maximum atomic E-state index is 10.9. The lowest BCUT2D eigenvalue weighted by atomic mass is 9.97. The van der Waals surface area contributed by atoms with Gasteiger partial charge in [0.1, 0.15) is 11.3 Å². The summed E-state index contributed by atoms with van der Waals surface area (Å²) in [5.41, 5.74) is 3.88. The zero-order valence-electron chi connectivity index (χ0n) is 20.6. The van der Waals surface area contributed by atoms with Gasteiger partial charge in [0.2, 0.25) is 5.95 Å². The fourth-order valence-electron chi connectivity index (χ4n) is 4.52. The Bertz CT molecular complexity index is 1420. The van der Waals surface area contributed by atoms with Crippen LogP contribution in [0.4, 0.5) is 5.95 Å². The van der Waals surface area contributed by atoms with Crippen molar-refractivity contribution in [3.63, 3.8) is 0 Å². The van der Waals surface area contributed by atoms with Crippen LogP contribution in [0.2, 0.25) is 0 Å². The third-order valence-corrected chi connectivity index (χ3v) is 6.44. The number of aromatic nitrogens is 6. The van der Waals surface area contributed by atoms with Crippen molar-refractivity contribution in [2.45, 2.75) is 37.8 Å². The second kappa shape index (κ2) is 10.8. The molecule has 3 heterocycles. The van der Waals surface area contributed by atoms with Crippen molar-refractivity contribution in [1.82, 2.24) is 29.9 Å². The van der Waals surface area contributed by atoms with Crippen molar-refractivity contribution in [2.24, 2.45) is 0 Å². The molecular formula is C27H28N8O2. The van der Waals surface area contributed by atoms with Crippen LogP contribution in [0.25, 0.3) is 22.6 Å². The number of hydrogen-bond donors (Lipinski definition) is 2. The normalized spacial score (nSPS) is 14.4. The second-order valence-electron chi connectivity index (χ2n) is 9.13. The van der Waals surface area contributed by atoms with E-state index >= 15 is 0 Å². The fraction of sp³-hybridized carbons (Fsp3) is 0.333. The van der Waals surface area contributed by atoms with Crippen LogP contribution in [-0.2, 0) is 16.9 Å². The van der Waals surface area contributed by atoms with Crippen LogP contribution < -0.4 is 5.32 Å². The van der Waals surface area contributed by atoms with Crippen molar-refractivity contribution in [3.05, 3.63) is 71.7 Å². The number of aliphatic hydroxyl groups is 1. The lowest BCUT2D eigenvalue weighted by Gasteiger charge is -2.21. The average Bonchev–Trinajstić information content (AvgIpc) is 3.59. The van der Waals surface area contributed by atoms with E-state index in [0.717, 1.165) is 42.6 Å². The number of pyridine rings is 1. The van der Waals surface area contributed by atoms with E-state index in [9.17, 15) is 10.4 Å². The van der Waals surface area contributed by atoms with Gasteiger partial charge in [-0.05, 0) is 43.2 Å². The molecule has 5 rings (SSSR count). The molecule has 0 bridgehead atoms. The summed E-state index contributed by atoms with van der Waals surface area (Å²) < 4.78 is 6.83. The van der Waals surface area contributed by atoms with E-state index in [2.05, 4.69) is 31.7 Å². The Labute approximate surface area is 215 Å². The minimum absolute atomic E-state index is 0.415. The average molecular weight is 497 g/mol. The Morgan fingerprint density at radius 2 is 1.86 bits per heavy atom. The van der Waals surface area contributed by atoms with Crippen molar-refractivity contribution in [1.29, 1.82) is 5.26 Å². The van der Waals surface area contributed by atoms with Gasteiger partial charge in [-0.25, -0.2) is 14.6 Å². The molecule has 37 heavy (non-hydrogen) atoms. The van der Waals surface area contributed by atoms with Crippen LogP contribution in [0.5, 0.6) is 0 Å². The highest BCUT2D eigenvalue weighted by Crippen LogP contribution is 2.37. The summed E-state index contributed by atoms with van der Waals surface area (Å²) in [6.07, 6.45) is 5.32. The van der Waals surface area contributed by atoms with Gasteiger partial charge in [-0.2, -0.15) is 5.26 Å². The maximum Gasteiger partial charge on any atom is 0.223 e. The van der Waals surface area contributed by atoms with Crippen molar-refractivity contribution in [3.8, 4) is 28.7 Å². The van der Waals surface area contributed by atoms with Crippen LogP contribution >= 0.6 is 0 Å². The minimum Gasteiger partial charge on any atom is -0.384 e. The van der Waals surface area contributed by atoms with E-state index in [1.165, 1.54) is 0 Å². The van der Waals surface area contributed by atoms with Crippen LogP contribution in [0.15, 0.2) is 54.7 Å². The largest absolute Gasteiger partial charge is 0.384 e. The zero-order valence-corrected chi connectivity index (χ0v) is 20.6. The number of benzene rings is 1. The summed E-state index contributed by atoms with van der Waals surface area (Å²) in [5.74, 6) is 0.431. The Hall–Kier alpha value is -4.20. The molecule has 0 amide bonds. The Balaban J connectivity index is 1.42. The molecule has 0 radical (unpaired) electrons. The first-order chi connectivity index (χ1) is 18.1. The van der Waals surface area contributed by atoms with Crippen LogP contribution in [0, 0.1) is 11.3 Å². The number of ether oxygens (including phenoxy) is 1. The maximum absolute atomic E-state index is 10.9. The Morgan fingerprint density at radius 3 is 2.68 bits per heavy atom. The zero-order chi connectivity index (χ0) is 25.7. The van der Waals surface area contributed by atoms with Gasteiger partial charge in [-0.15, -0.1) is 5.10 Å². The monoisotopic (exact) mass is 496 g/mol. The number of methoxy groups -OCH3 is 1. The number of nitrogens with zero attached hydrogens (tertiary/aromatic N) is 7. The lowest BCUT2D eigenvalue weighted by Crippen LogP contribution is -2.23. The number of nitrogens with one attached hydrogen (secondary N) is 1. The minimum atomic E-state index is -0.837. The summed E-state index contributed by atoms with van der Waals surface area (Å²) in [5, 5.41) is 32.0. The molecule has 0 saturated heterocycles. The van der Waals surface area contributed by atoms with Crippen molar-refractivity contribution in [2.75, 3.05) is 25.6 Å². The highest BCUT2D eigenvalue weighted by atomic mass is 16.5. The summed E-state index contributed by atoms with van der Waals surface area (Å²) in [7, 11) is 1.63. The Morgan fingerprint density at radius 1 is 1.05 bits per heavy atom. The number of hydrogen-bond acceptors (Lipinski definition) is 9. The summed E-state index contributed by atoms with van der Waals surface area (Å²) in [4.78, 5) is 14.0. The molecule has 3 aromatic heterocycles. The van der Waals surface area contributed by atoms with E-state index in [1.54, 1.807) is 23.9 Å². The van der Waals surface area contributed by atoms with Gasteiger partial charge in [0, 0.05) is 19.2 Å². The van der Waals surface area contributed by atoms with E-state index in [0.29, 0.717) is 48.3 Å². The molecule has 0 unspecified atom stereocenters. The topological polar surface area (TPSA) is 135 Å². The van der Waals surface area contributed by atoms with E-state index < -0.39 is 5.60 Å². The highest BCUT2D eigenvalue weighted by Gasteiger charge is 2.34. The molecule has 1 aromatic carbocycles. The molecule has 1 aliphatic carbocycles. The third kappa shape index (κ3) is 5.63. The van der Waals surface area contributed by atoms with Gasteiger partial charge in [0.25, 0.3) is 0 Å². The molecular weight excluding hydrogens is 468 g/mol. The molecule has 4 aromatic rings. The summed E-state index contributed by atoms with van der Waals surface area (Å²) >= 11 is 0. The summed E-state index contributed by atoms with van der Waals surface area (Å²) in [6, 6.07) is 17.0. The molecule has 0 spiro atoms. The van der Waals surface area contributed by atoms with E-state index in [1.807, 2.05) is 42.6 Å². The molecule has 188 valence electrons. The third-order valence-electron chi connectivity index (χ3n) is 6.44. The van der Waals surface area contributed by atoms with Gasteiger partial charge >= 0.3 is 0 Å². The van der Waals surface area contributed by atoms with Crippen molar-refractivity contribution >= 4 is 5.95 Å². The first-order valence-electron chi connectivity index (χ1n) is 12.3. The summed E-state index contributed by atoms with van der Waals surface area (Å²) in [6.45, 7) is 1.46. The van der Waals surface area contributed by atoms with Crippen LogP contribution in [0.3, 0.4) is 0 Å².